The van der Waals surface area contributed by atoms with Gasteiger partial charge in [0.15, 0.2) is 0 Å². The van der Waals surface area contributed by atoms with Gasteiger partial charge in [0.05, 0.1) is 12.2 Å². The van der Waals surface area contributed by atoms with Gasteiger partial charge in [0.25, 0.3) is 10.0 Å². The molecule has 1 amide bonds. The molecular weight excluding hydrogens is 422 g/mol. The summed E-state index contributed by atoms with van der Waals surface area (Å²) in [7, 11) is -6.87. The number of rotatable bonds is 5. The Hall–Kier alpha value is -1.01. The summed E-state index contributed by atoms with van der Waals surface area (Å²) in [6.07, 6.45) is 3.85. The molecule has 2 unspecified atom stereocenters. The Morgan fingerprint density at radius 2 is 1.75 bits per heavy atom. The van der Waals surface area contributed by atoms with E-state index in [2.05, 4.69) is 5.32 Å². The molecule has 158 valence electrons. The number of aryl methyl sites for hydroxylation is 1. The molecule has 8 nitrogen and oxygen atoms in total. The Balaban J connectivity index is 1.63. The molecule has 0 saturated carbocycles. The van der Waals surface area contributed by atoms with E-state index in [1.165, 1.54) is 26.2 Å². The predicted octanol–water partition coefficient (Wildman–Crippen LogP) is 0.997. The molecule has 0 aliphatic carbocycles. The van der Waals surface area contributed by atoms with Crippen molar-refractivity contribution < 1.29 is 21.6 Å². The van der Waals surface area contributed by atoms with Crippen molar-refractivity contribution in [3.63, 3.8) is 0 Å². The van der Waals surface area contributed by atoms with Crippen LogP contribution < -0.4 is 5.32 Å². The van der Waals surface area contributed by atoms with E-state index in [-0.39, 0.29) is 25.0 Å². The highest BCUT2D eigenvalue weighted by Crippen LogP contribution is 2.28. The van der Waals surface area contributed by atoms with E-state index < -0.39 is 26.0 Å². The summed E-state index contributed by atoms with van der Waals surface area (Å²) in [6.45, 7) is 3.18. The zero-order valence-corrected chi connectivity index (χ0v) is 18.6. The molecule has 1 aromatic heterocycles. The minimum Gasteiger partial charge on any atom is -0.352 e. The summed E-state index contributed by atoms with van der Waals surface area (Å²) in [6, 6.07) is 3.16. The predicted molar refractivity (Wildman–Crippen MR) is 108 cm³/mol. The second-order valence-corrected chi connectivity index (χ2v) is 13.0. The van der Waals surface area contributed by atoms with Crippen LogP contribution in [0.3, 0.4) is 0 Å². The highest BCUT2D eigenvalue weighted by atomic mass is 32.2. The molecule has 2 aliphatic rings. The van der Waals surface area contributed by atoms with E-state index in [0.717, 1.165) is 11.3 Å². The lowest BCUT2D eigenvalue weighted by Crippen LogP contribution is -2.52. The standard InChI is InChI=1S/C17H27N3O5S3/c1-13-7-8-16(26-13)28(24,25)20-10-3-5-14(11-20)17(21)18-15-6-4-9-19(12-15)27(2,22)23/h7-8,14-15H,3-6,9-12H2,1-2H3,(H,18,21). The van der Waals surface area contributed by atoms with Crippen LogP contribution in [-0.4, -0.2) is 69.8 Å². The third kappa shape index (κ3) is 4.93. The van der Waals surface area contributed by atoms with E-state index in [4.69, 9.17) is 0 Å². The smallest absolute Gasteiger partial charge is 0.252 e. The third-order valence-corrected chi connectivity index (χ3v) is 9.87. The lowest BCUT2D eigenvalue weighted by atomic mass is 9.97. The Labute approximate surface area is 171 Å². The maximum Gasteiger partial charge on any atom is 0.252 e. The second kappa shape index (κ2) is 8.39. The van der Waals surface area contributed by atoms with Crippen LogP contribution in [0.2, 0.25) is 0 Å². The van der Waals surface area contributed by atoms with Gasteiger partial charge in [-0.2, -0.15) is 4.31 Å². The number of sulfonamides is 2. The first kappa shape index (κ1) is 21.7. The number of hydrogen-bond acceptors (Lipinski definition) is 6. The van der Waals surface area contributed by atoms with Gasteiger partial charge in [-0.3, -0.25) is 4.79 Å². The van der Waals surface area contributed by atoms with E-state index in [1.807, 2.05) is 6.92 Å². The maximum absolute atomic E-state index is 12.8. The number of nitrogens with zero attached hydrogens (tertiary/aromatic N) is 2. The Morgan fingerprint density at radius 1 is 1.07 bits per heavy atom. The van der Waals surface area contributed by atoms with Gasteiger partial charge in [0.2, 0.25) is 15.9 Å². The fourth-order valence-electron chi connectivity index (χ4n) is 3.73. The molecule has 2 aliphatic heterocycles. The van der Waals surface area contributed by atoms with Crippen LogP contribution in [0, 0.1) is 12.8 Å². The molecule has 0 bridgehead atoms. The third-order valence-electron chi connectivity index (χ3n) is 5.26. The van der Waals surface area contributed by atoms with Gasteiger partial charge in [0, 0.05) is 37.1 Å². The highest BCUT2D eigenvalue weighted by Gasteiger charge is 2.35. The molecule has 2 saturated heterocycles. The van der Waals surface area contributed by atoms with E-state index in [1.54, 1.807) is 12.1 Å². The van der Waals surface area contributed by atoms with Gasteiger partial charge < -0.3 is 5.32 Å². The summed E-state index contributed by atoms with van der Waals surface area (Å²) in [5.41, 5.74) is 0. The fraction of sp³-hybridized carbons (Fsp3) is 0.706. The van der Waals surface area contributed by atoms with Crippen LogP contribution in [0.15, 0.2) is 16.3 Å². The molecule has 11 heteroatoms. The molecule has 2 atom stereocenters. The number of thiophene rings is 1. The van der Waals surface area contributed by atoms with Crippen molar-refractivity contribution in [3.05, 3.63) is 17.0 Å². The van der Waals surface area contributed by atoms with Crippen LogP contribution in [0.5, 0.6) is 0 Å². The molecule has 0 aromatic carbocycles. The quantitative estimate of drug-likeness (QED) is 0.722. The van der Waals surface area contributed by atoms with E-state index in [0.29, 0.717) is 36.6 Å². The van der Waals surface area contributed by atoms with Crippen molar-refractivity contribution in [2.24, 2.45) is 5.92 Å². The molecule has 2 fully saturated rings. The number of carbonyl (C=O) groups is 1. The minimum atomic E-state index is -3.58. The monoisotopic (exact) mass is 449 g/mol. The molecule has 0 radical (unpaired) electrons. The van der Waals surface area contributed by atoms with Gasteiger partial charge in [-0.25, -0.2) is 21.1 Å². The zero-order chi connectivity index (χ0) is 20.5. The average Bonchev–Trinajstić information content (AvgIpc) is 3.08. The summed E-state index contributed by atoms with van der Waals surface area (Å²) >= 11 is 1.24. The fourth-order valence-corrected chi connectivity index (χ4v) is 7.61. The van der Waals surface area contributed by atoms with Gasteiger partial charge >= 0.3 is 0 Å². The van der Waals surface area contributed by atoms with Crippen LogP contribution >= 0.6 is 11.3 Å². The number of hydrogen-bond donors (Lipinski definition) is 1. The molecular formula is C17H27N3O5S3. The number of piperidine rings is 2. The number of carbonyl (C=O) groups excluding carboxylic acids is 1. The largest absolute Gasteiger partial charge is 0.352 e. The lowest BCUT2D eigenvalue weighted by molar-refractivity contribution is -0.127. The Bertz CT molecular complexity index is 926. The van der Waals surface area contributed by atoms with E-state index >= 15 is 0 Å². The molecule has 28 heavy (non-hydrogen) atoms. The van der Waals surface area contributed by atoms with Crippen LogP contribution in [0.25, 0.3) is 0 Å². The summed E-state index contributed by atoms with van der Waals surface area (Å²) in [4.78, 5) is 13.7. The number of nitrogens with one attached hydrogen (secondary N) is 1. The first-order chi connectivity index (χ1) is 13.1. The molecule has 0 spiro atoms. The average molecular weight is 450 g/mol. The van der Waals surface area contributed by atoms with Gasteiger partial charge in [-0.1, -0.05) is 0 Å². The first-order valence-corrected chi connectivity index (χ1v) is 13.5. The molecule has 1 N–H and O–H groups in total. The van der Waals surface area contributed by atoms with Crippen molar-refractivity contribution in [1.82, 2.24) is 13.9 Å². The van der Waals surface area contributed by atoms with E-state index in [9.17, 15) is 21.6 Å². The van der Waals surface area contributed by atoms with Crippen LogP contribution in [-0.2, 0) is 24.8 Å². The maximum atomic E-state index is 12.8. The minimum absolute atomic E-state index is 0.160. The van der Waals surface area contributed by atoms with Crippen molar-refractivity contribution >= 4 is 37.3 Å². The normalized spacial score (nSPS) is 25.5. The summed E-state index contributed by atoms with van der Waals surface area (Å²) in [5, 5.41) is 2.94. The second-order valence-electron chi connectivity index (χ2n) is 7.54. The van der Waals surface area contributed by atoms with Crippen LogP contribution in [0.4, 0.5) is 0 Å². The first-order valence-electron chi connectivity index (χ1n) is 9.39. The Morgan fingerprint density at radius 3 is 2.39 bits per heavy atom. The molecule has 3 heterocycles. The SMILES string of the molecule is Cc1ccc(S(=O)(=O)N2CCCC(C(=O)NC3CCCN(S(C)(=O)=O)C3)C2)s1. The van der Waals surface area contributed by atoms with Gasteiger partial charge in [-0.15, -0.1) is 11.3 Å². The molecule has 1 aromatic rings. The van der Waals surface area contributed by atoms with Crippen molar-refractivity contribution in [3.8, 4) is 0 Å². The van der Waals surface area contributed by atoms with Crippen molar-refractivity contribution in [1.29, 1.82) is 0 Å². The summed E-state index contributed by atoms with van der Waals surface area (Å²) in [5.74, 6) is -0.610. The topological polar surface area (TPSA) is 104 Å². The number of amides is 1. The zero-order valence-electron chi connectivity index (χ0n) is 16.1. The highest BCUT2D eigenvalue weighted by molar-refractivity contribution is 7.91. The molecule has 3 rings (SSSR count). The van der Waals surface area contributed by atoms with Gasteiger partial charge in [-0.05, 0) is 44.7 Å². The van der Waals surface area contributed by atoms with Crippen LogP contribution in [0.1, 0.15) is 30.6 Å². The lowest BCUT2D eigenvalue weighted by Gasteiger charge is -2.34. The van der Waals surface area contributed by atoms with Crippen molar-refractivity contribution in [2.75, 3.05) is 32.4 Å². The Kier molecular flexibility index (Phi) is 6.50. The summed E-state index contributed by atoms with van der Waals surface area (Å²) < 4.78 is 52.3. The van der Waals surface area contributed by atoms with Crippen molar-refractivity contribution in [2.45, 2.75) is 42.9 Å². The van der Waals surface area contributed by atoms with Gasteiger partial charge in [0.1, 0.15) is 4.21 Å².